The van der Waals surface area contributed by atoms with Gasteiger partial charge in [0.25, 0.3) is 0 Å². The second-order valence-electron chi connectivity index (χ2n) is 4.21. The van der Waals surface area contributed by atoms with Crippen LogP contribution in [0.4, 0.5) is 8.78 Å². The summed E-state index contributed by atoms with van der Waals surface area (Å²) in [5.41, 5.74) is 1.76. The first-order valence-corrected chi connectivity index (χ1v) is 7.28. The molecule has 0 saturated heterocycles. The molecule has 2 aromatic rings. The van der Waals surface area contributed by atoms with E-state index in [2.05, 4.69) is 20.7 Å². The highest BCUT2D eigenvalue weighted by atomic mass is 79.9. The molecule has 1 atom stereocenters. The lowest BCUT2D eigenvalue weighted by molar-refractivity contribution is -0.0504. The minimum Gasteiger partial charge on any atom is -0.435 e. The number of para-hydroxylation sites is 1. The smallest absolute Gasteiger partial charge is 0.387 e. The number of hydrogen-bond donors (Lipinski definition) is 0. The second kappa shape index (κ2) is 7.04. The molecular weight excluding hydrogens is 350 g/mol. The molecular formula is C15H12BrClF2O. The molecule has 0 aliphatic heterocycles. The second-order valence-corrected chi connectivity index (χ2v) is 5.76. The van der Waals surface area contributed by atoms with E-state index in [1.807, 2.05) is 12.1 Å². The van der Waals surface area contributed by atoms with Gasteiger partial charge in [0.05, 0.1) is 0 Å². The van der Waals surface area contributed by atoms with Crippen LogP contribution in [0, 0.1) is 0 Å². The van der Waals surface area contributed by atoms with Crippen LogP contribution in [0.5, 0.6) is 5.75 Å². The zero-order valence-corrected chi connectivity index (χ0v) is 12.7. The SMILES string of the molecule is FC(F)Oc1ccccc1C(Br)Cc1ccc(Cl)cc1. The fourth-order valence-electron chi connectivity index (χ4n) is 1.88. The van der Waals surface area contributed by atoms with Crippen LogP contribution in [0.3, 0.4) is 0 Å². The van der Waals surface area contributed by atoms with E-state index < -0.39 is 6.61 Å². The normalized spacial score (nSPS) is 12.4. The van der Waals surface area contributed by atoms with E-state index in [0.29, 0.717) is 17.0 Å². The maximum absolute atomic E-state index is 12.4. The molecule has 0 aliphatic carbocycles. The summed E-state index contributed by atoms with van der Waals surface area (Å²) in [6, 6.07) is 14.2. The Kier molecular flexibility index (Phi) is 5.38. The van der Waals surface area contributed by atoms with Crippen LogP contribution in [0.1, 0.15) is 16.0 Å². The van der Waals surface area contributed by atoms with E-state index >= 15 is 0 Å². The van der Waals surface area contributed by atoms with Gasteiger partial charge in [0.2, 0.25) is 0 Å². The number of rotatable bonds is 5. The van der Waals surface area contributed by atoms with Crippen molar-refractivity contribution >= 4 is 27.5 Å². The third kappa shape index (κ3) is 4.18. The number of halogens is 4. The minimum atomic E-state index is -2.83. The van der Waals surface area contributed by atoms with Gasteiger partial charge < -0.3 is 4.74 Å². The molecule has 2 rings (SSSR count). The molecule has 0 bridgehead atoms. The van der Waals surface area contributed by atoms with Crippen LogP contribution in [0.15, 0.2) is 48.5 Å². The van der Waals surface area contributed by atoms with Crippen molar-refractivity contribution in [2.75, 3.05) is 0 Å². The molecule has 0 aliphatic rings. The van der Waals surface area contributed by atoms with Crippen LogP contribution in [0.2, 0.25) is 5.02 Å². The summed E-state index contributed by atoms with van der Waals surface area (Å²) in [4.78, 5) is -0.112. The van der Waals surface area contributed by atoms with E-state index in [4.69, 9.17) is 11.6 Å². The molecule has 0 spiro atoms. The van der Waals surface area contributed by atoms with Crippen LogP contribution in [-0.4, -0.2) is 6.61 Å². The van der Waals surface area contributed by atoms with E-state index in [1.54, 1.807) is 30.3 Å². The molecule has 106 valence electrons. The summed E-state index contributed by atoms with van der Waals surface area (Å²) in [6.45, 7) is -2.83. The molecule has 0 fully saturated rings. The minimum absolute atomic E-state index is 0.112. The first kappa shape index (κ1) is 15.3. The summed E-state index contributed by atoms with van der Waals surface area (Å²) in [6.07, 6.45) is 0.654. The van der Waals surface area contributed by atoms with Crippen molar-refractivity contribution in [2.24, 2.45) is 0 Å². The highest BCUT2D eigenvalue weighted by Crippen LogP contribution is 2.34. The van der Waals surface area contributed by atoms with Crippen LogP contribution < -0.4 is 4.74 Å². The Morgan fingerprint density at radius 1 is 1.05 bits per heavy atom. The Labute approximate surface area is 129 Å². The number of benzene rings is 2. The first-order valence-electron chi connectivity index (χ1n) is 5.98. The van der Waals surface area contributed by atoms with Gasteiger partial charge in [-0.05, 0) is 30.2 Å². The van der Waals surface area contributed by atoms with Gasteiger partial charge in [0, 0.05) is 15.4 Å². The number of hydrogen-bond acceptors (Lipinski definition) is 1. The standard InChI is InChI=1S/C15H12BrClF2O/c16-13(9-10-5-7-11(17)8-6-10)12-3-1-2-4-14(12)20-15(18)19/h1-8,13,15H,9H2. The molecule has 20 heavy (non-hydrogen) atoms. The summed E-state index contributed by atoms with van der Waals surface area (Å²) < 4.78 is 29.3. The maximum atomic E-state index is 12.4. The third-order valence-electron chi connectivity index (χ3n) is 2.80. The first-order chi connectivity index (χ1) is 9.56. The van der Waals surface area contributed by atoms with E-state index in [-0.39, 0.29) is 10.6 Å². The molecule has 0 saturated carbocycles. The third-order valence-corrected chi connectivity index (χ3v) is 3.87. The average Bonchev–Trinajstić information content (AvgIpc) is 2.41. The highest BCUT2D eigenvalue weighted by molar-refractivity contribution is 9.09. The average molecular weight is 362 g/mol. The Balaban J connectivity index is 2.16. The van der Waals surface area contributed by atoms with Gasteiger partial charge in [-0.1, -0.05) is 57.9 Å². The lowest BCUT2D eigenvalue weighted by atomic mass is 10.0. The lowest BCUT2D eigenvalue weighted by Crippen LogP contribution is -2.06. The fourth-order valence-corrected chi connectivity index (χ4v) is 2.76. The predicted octanol–water partition coefficient (Wildman–Crippen LogP) is 5.62. The largest absolute Gasteiger partial charge is 0.435 e. The van der Waals surface area contributed by atoms with Gasteiger partial charge >= 0.3 is 6.61 Å². The van der Waals surface area contributed by atoms with Gasteiger partial charge in [-0.15, -0.1) is 0 Å². The lowest BCUT2D eigenvalue weighted by Gasteiger charge is -2.15. The summed E-state index contributed by atoms with van der Waals surface area (Å²) in [5, 5.41) is 0.668. The van der Waals surface area contributed by atoms with Crippen molar-refractivity contribution in [3.63, 3.8) is 0 Å². The van der Waals surface area contributed by atoms with Crippen LogP contribution in [0.25, 0.3) is 0 Å². The van der Waals surface area contributed by atoms with Crippen molar-refractivity contribution in [2.45, 2.75) is 17.9 Å². The number of ether oxygens (including phenoxy) is 1. The number of alkyl halides is 3. The van der Waals surface area contributed by atoms with E-state index in [1.165, 1.54) is 6.07 Å². The summed E-state index contributed by atoms with van der Waals surface area (Å²) >= 11 is 9.36. The molecule has 2 aromatic carbocycles. The van der Waals surface area contributed by atoms with Crippen molar-refractivity contribution < 1.29 is 13.5 Å². The molecule has 0 amide bonds. The van der Waals surface area contributed by atoms with Crippen molar-refractivity contribution in [1.29, 1.82) is 0 Å². The van der Waals surface area contributed by atoms with Crippen molar-refractivity contribution in [3.8, 4) is 5.75 Å². The topological polar surface area (TPSA) is 9.23 Å². The fraction of sp³-hybridized carbons (Fsp3) is 0.200. The molecule has 0 aromatic heterocycles. The monoisotopic (exact) mass is 360 g/mol. The van der Waals surface area contributed by atoms with E-state index in [0.717, 1.165) is 5.56 Å². The van der Waals surface area contributed by atoms with Crippen LogP contribution >= 0.6 is 27.5 Å². The quantitative estimate of drug-likeness (QED) is 0.628. The predicted molar refractivity (Wildman–Crippen MR) is 79.9 cm³/mol. The molecule has 1 nitrogen and oxygen atoms in total. The molecule has 1 unspecified atom stereocenters. The van der Waals surface area contributed by atoms with Gasteiger partial charge in [0.1, 0.15) is 5.75 Å². The molecule has 0 N–H and O–H groups in total. The molecule has 5 heteroatoms. The van der Waals surface area contributed by atoms with Crippen molar-refractivity contribution in [3.05, 3.63) is 64.7 Å². The van der Waals surface area contributed by atoms with Gasteiger partial charge in [-0.25, -0.2) is 0 Å². The zero-order valence-electron chi connectivity index (χ0n) is 10.4. The Bertz CT molecular complexity index is 560. The zero-order chi connectivity index (χ0) is 14.5. The van der Waals surface area contributed by atoms with E-state index in [9.17, 15) is 8.78 Å². The van der Waals surface area contributed by atoms with Crippen LogP contribution in [-0.2, 0) is 6.42 Å². The Morgan fingerprint density at radius 3 is 2.35 bits per heavy atom. The maximum Gasteiger partial charge on any atom is 0.387 e. The molecule has 0 radical (unpaired) electrons. The Morgan fingerprint density at radius 2 is 1.70 bits per heavy atom. The molecule has 0 heterocycles. The Hall–Kier alpha value is -1.13. The van der Waals surface area contributed by atoms with Gasteiger partial charge in [-0.2, -0.15) is 8.78 Å². The van der Waals surface area contributed by atoms with Crippen molar-refractivity contribution in [1.82, 2.24) is 0 Å². The summed E-state index contributed by atoms with van der Waals surface area (Å²) in [7, 11) is 0. The highest BCUT2D eigenvalue weighted by Gasteiger charge is 2.16. The van der Waals surface area contributed by atoms with Gasteiger partial charge in [0.15, 0.2) is 0 Å². The van der Waals surface area contributed by atoms with Gasteiger partial charge in [-0.3, -0.25) is 0 Å². The summed E-state index contributed by atoms with van der Waals surface area (Å²) in [5.74, 6) is 0.193.